The van der Waals surface area contributed by atoms with Crippen LogP contribution in [0, 0.1) is 33.8 Å². The molecule has 4 bridgehead atoms. The van der Waals surface area contributed by atoms with Crippen LogP contribution in [0.25, 0.3) is 0 Å². The van der Waals surface area contributed by atoms with Crippen LogP contribution in [-0.2, 0) is 4.79 Å². The summed E-state index contributed by atoms with van der Waals surface area (Å²) >= 11 is 5.84. The largest absolute Gasteiger partial charge is 0.349 e. The third-order valence-electron chi connectivity index (χ3n) is 7.07. The first-order chi connectivity index (χ1) is 14.2. The van der Waals surface area contributed by atoms with E-state index in [4.69, 9.17) is 11.6 Å². The molecule has 30 heavy (non-hydrogen) atoms. The SMILES string of the molecule is CC(C)[C@H](NC(=O)c1ccc(Cl)c([N+](=O)[O-])c1)C(=O)NC12CC3CC(CC(C3)C1)C2. The van der Waals surface area contributed by atoms with Crippen molar-refractivity contribution in [3.63, 3.8) is 0 Å². The predicted molar refractivity (Wildman–Crippen MR) is 113 cm³/mol. The summed E-state index contributed by atoms with van der Waals surface area (Å²) in [5.74, 6) is 1.32. The molecular weight excluding hydrogens is 406 g/mol. The molecule has 8 heteroatoms. The number of amides is 2. The summed E-state index contributed by atoms with van der Waals surface area (Å²) < 4.78 is 0. The smallest absolute Gasteiger partial charge is 0.288 e. The highest BCUT2D eigenvalue weighted by Gasteiger charge is 2.52. The van der Waals surface area contributed by atoms with Gasteiger partial charge in [0.05, 0.1) is 4.92 Å². The fourth-order valence-electron chi connectivity index (χ4n) is 6.16. The summed E-state index contributed by atoms with van der Waals surface area (Å²) in [6.45, 7) is 3.77. The maximum atomic E-state index is 13.2. The molecule has 0 saturated heterocycles. The van der Waals surface area contributed by atoms with Crippen molar-refractivity contribution in [3.05, 3.63) is 38.9 Å². The third kappa shape index (κ3) is 4.04. The van der Waals surface area contributed by atoms with Gasteiger partial charge >= 0.3 is 0 Å². The standard InChI is InChI=1S/C22H28ClN3O4/c1-12(2)19(24-20(27)16-3-4-17(23)18(8-16)26(29)30)21(28)25-22-9-13-5-14(10-22)7-15(6-13)11-22/h3-4,8,12-15,19H,5-7,9-11H2,1-2H3,(H,24,27)(H,25,28)/t13?,14?,15?,19-,22?/m0/s1. The van der Waals surface area contributed by atoms with E-state index in [0.29, 0.717) is 17.8 Å². The molecule has 0 aromatic heterocycles. The molecule has 4 fully saturated rings. The van der Waals surface area contributed by atoms with Crippen molar-refractivity contribution in [3.8, 4) is 0 Å². The first kappa shape index (κ1) is 21.1. The normalized spacial score (nSPS) is 30.2. The monoisotopic (exact) mass is 433 g/mol. The van der Waals surface area contributed by atoms with Crippen molar-refractivity contribution in [2.75, 3.05) is 0 Å². The molecule has 7 nitrogen and oxygen atoms in total. The van der Waals surface area contributed by atoms with E-state index >= 15 is 0 Å². The van der Waals surface area contributed by atoms with E-state index in [1.807, 2.05) is 13.8 Å². The zero-order valence-electron chi connectivity index (χ0n) is 17.3. The summed E-state index contributed by atoms with van der Waals surface area (Å²) in [5.41, 5.74) is -0.356. The summed E-state index contributed by atoms with van der Waals surface area (Å²) in [6, 6.07) is 3.19. The Morgan fingerprint density at radius 1 is 1.13 bits per heavy atom. The number of halogens is 1. The zero-order chi connectivity index (χ0) is 21.6. The second-order valence-corrected chi connectivity index (χ2v) is 10.2. The van der Waals surface area contributed by atoms with Gasteiger partial charge in [-0.2, -0.15) is 0 Å². The van der Waals surface area contributed by atoms with Gasteiger partial charge in [-0.15, -0.1) is 0 Å². The van der Waals surface area contributed by atoms with Crippen LogP contribution in [0.2, 0.25) is 5.02 Å². The molecule has 4 aliphatic rings. The van der Waals surface area contributed by atoms with Crippen LogP contribution in [0.4, 0.5) is 5.69 Å². The van der Waals surface area contributed by atoms with Gasteiger partial charge in [0.25, 0.3) is 11.6 Å². The molecule has 4 aliphatic carbocycles. The minimum Gasteiger partial charge on any atom is -0.349 e. The van der Waals surface area contributed by atoms with E-state index in [2.05, 4.69) is 10.6 Å². The Bertz CT molecular complexity index is 850. The highest BCUT2D eigenvalue weighted by atomic mass is 35.5. The number of carbonyl (C=O) groups excluding carboxylic acids is 2. The Labute approximate surface area is 181 Å². The van der Waals surface area contributed by atoms with Crippen LogP contribution in [0.1, 0.15) is 62.7 Å². The minimum atomic E-state index is -0.708. The van der Waals surface area contributed by atoms with Crippen LogP contribution in [-0.4, -0.2) is 28.3 Å². The van der Waals surface area contributed by atoms with Gasteiger partial charge in [0, 0.05) is 17.2 Å². The maximum Gasteiger partial charge on any atom is 0.288 e. The van der Waals surface area contributed by atoms with Gasteiger partial charge in [0.2, 0.25) is 5.91 Å². The summed E-state index contributed by atoms with van der Waals surface area (Å²) in [4.78, 5) is 36.5. The Morgan fingerprint density at radius 3 is 2.20 bits per heavy atom. The van der Waals surface area contributed by atoms with E-state index in [9.17, 15) is 19.7 Å². The molecule has 2 amide bonds. The maximum absolute atomic E-state index is 13.2. The number of benzene rings is 1. The molecule has 0 heterocycles. The molecule has 1 atom stereocenters. The highest BCUT2D eigenvalue weighted by Crippen LogP contribution is 2.55. The minimum absolute atomic E-state index is 0.0310. The number of nitro groups is 1. The first-order valence-electron chi connectivity index (χ1n) is 10.7. The highest BCUT2D eigenvalue weighted by molar-refractivity contribution is 6.32. The van der Waals surface area contributed by atoms with Gasteiger partial charge in [0.15, 0.2) is 0 Å². The predicted octanol–water partition coefficient (Wildman–Crippen LogP) is 4.09. The van der Waals surface area contributed by atoms with Crippen molar-refractivity contribution in [2.24, 2.45) is 23.7 Å². The van der Waals surface area contributed by atoms with Gasteiger partial charge in [-0.1, -0.05) is 25.4 Å². The number of nitrogens with one attached hydrogen (secondary N) is 2. The fraction of sp³-hybridized carbons (Fsp3) is 0.636. The van der Waals surface area contributed by atoms with Crippen LogP contribution in [0.15, 0.2) is 18.2 Å². The van der Waals surface area contributed by atoms with E-state index in [1.54, 1.807) is 0 Å². The Morgan fingerprint density at radius 2 is 1.70 bits per heavy atom. The first-order valence-corrected chi connectivity index (χ1v) is 11.1. The van der Waals surface area contributed by atoms with Crippen molar-refractivity contribution in [2.45, 2.75) is 64.0 Å². The van der Waals surface area contributed by atoms with E-state index < -0.39 is 16.9 Å². The number of carbonyl (C=O) groups is 2. The van der Waals surface area contributed by atoms with Crippen LogP contribution >= 0.6 is 11.6 Å². The van der Waals surface area contributed by atoms with Crippen LogP contribution in [0.3, 0.4) is 0 Å². The molecule has 1 aromatic rings. The number of nitrogens with zero attached hydrogens (tertiary/aromatic N) is 1. The summed E-state index contributed by atoms with van der Waals surface area (Å²) in [7, 11) is 0. The number of rotatable bonds is 6. The molecule has 0 spiro atoms. The lowest BCUT2D eigenvalue weighted by Gasteiger charge is -2.57. The summed E-state index contributed by atoms with van der Waals surface area (Å²) in [6.07, 6.45) is 6.96. The summed E-state index contributed by atoms with van der Waals surface area (Å²) in [5, 5.41) is 17.2. The average Bonchev–Trinajstić information content (AvgIpc) is 2.64. The van der Waals surface area contributed by atoms with Gasteiger partial charge in [-0.25, -0.2) is 0 Å². The molecule has 0 aliphatic heterocycles. The van der Waals surface area contributed by atoms with E-state index in [0.717, 1.165) is 25.3 Å². The molecular formula is C22H28ClN3O4. The van der Waals surface area contributed by atoms with E-state index in [-0.39, 0.29) is 33.6 Å². The number of hydrogen-bond acceptors (Lipinski definition) is 4. The second-order valence-electron chi connectivity index (χ2n) is 9.81. The quantitative estimate of drug-likeness (QED) is 0.521. The van der Waals surface area contributed by atoms with Crippen LogP contribution < -0.4 is 10.6 Å². The van der Waals surface area contributed by atoms with Gasteiger partial charge < -0.3 is 10.6 Å². The lowest BCUT2D eigenvalue weighted by atomic mass is 9.53. The molecule has 5 rings (SSSR count). The van der Waals surface area contributed by atoms with Crippen molar-refractivity contribution < 1.29 is 14.5 Å². The lowest BCUT2D eigenvalue weighted by Crippen LogP contribution is -2.63. The zero-order valence-corrected chi connectivity index (χ0v) is 18.1. The van der Waals surface area contributed by atoms with Crippen LogP contribution in [0.5, 0.6) is 0 Å². The van der Waals surface area contributed by atoms with Gasteiger partial charge in [-0.3, -0.25) is 19.7 Å². The Balaban J connectivity index is 1.48. The molecule has 4 saturated carbocycles. The lowest BCUT2D eigenvalue weighted by molar-refractivity contribution is -0.384. The molecule has 162 valence electrons. The topological polar surface area (TPSA) is 101 Å². The molecule has 0 radical (unpaired) electrons. The molecule has 0 unspecified atom stereocenters. The number of hydrogen-bond donors (Lipinski definition) is 2. The van der Waals surface area contributed by atoms with Gasteiger partial charge in [0.1, 0.15) is 11.1 Å². The van der Waals surface area contributed by atoms with Crippen molar-refractivity contribution >= 4 is 29.1 Å². The van der Waals surface area contributed by atoms with Crippen molar-refractivity contribution in [1.29, 1.82) is 0 Å². The molecule has 1 aromatic carbocycles. The Kier molecular flexibility index (Phi) is 5.51. The van der Waals surface area contributed by atoms with E-state index in [1.165, 1.54) is 31.4 Å². The van der Waals surface area contributed by atoms with Gasteiger partial charge in [-0.05, 0) is 74.3 Å². The average molecular weight is 434 g/mol. The fourth-order valence-corrected chi connectivity index (χ4v) is 6.34. The second kappa shape index (κ2) is 7.84. The van der Waals surface area contributed by atoms with Crippen molar-refractivity contribution in [1.82, 2.24) is 10.6 Å². The molecule has 2 N–H and O–H groups in total. The third-order valence-corrected chi connectivity index (χ3v) is 7.39. The Hall–Kier alpha value is -2.15. The number of nitro benzene ring substituents is 1.